The second-order valence-corrected chi connectivity index (χ2v) is 5.15. The van der Waals surface area contributed by atoms with Crippen LogP contribution >= 0.6 is 0 Å². The minimum Gasteiger partial charge on any atom is -0.352 e. The summed E-state index contributed by atoms with van der Waals surface area (Å²) in [5.74, 6) is 0.140. The molecule has 0 aromatic carbocycles. The van der Waals surface area contributed by atoms with Crippen LogP contribution in [0.5, 0.6) is 0 Å². The van der Waals surface area contributed by atoms with Gasteiger partial charge >= 0.3 is 0 Å². The minimum atomic E-state index is 0.140. The molecular weight excluding hydrogens is 214 g/mol. The Labute approximate surface area is 105 Å². The first-order chi connectivity index (χ1) is 8.13. The van der Waals surface area contributed by atoms with Gasteiger partial charge in [-0.05, 0) is 39.7 Å². The SMILES string of the molecule is CCCNCC(=O)NC1CCN(C(C)C)CC1. The molecule has 100 valence electrons. The summed E-state index contributed by atoms with van der Waals surface area (Å²) in [5, 5.41) is 6.24. The smallest absolute Gasteiger partial charge is 0.234 e. The number of piperidine rings is 1. The van der Waals surface area contributed by atoms with E-state index in [-0.39, 0.29) is 5.91 Å². The zero-order chi connectivity index (χ0) is 12.7. The van der Waals surface area contributed by atoms with E-state index in [1.54, 1.807) is 0 Å². The van der Waals surface area contributed by atoms with E-state index in [4.69, 9.17) is 0 Å². The van der Waals surface area contributed by atoms with Crippen LogP contribution in [0.15, 0.2) is 0 Å². The summed E-state index contributed by atoms with van der Waals surface area (Å²) in [6.45, 7) is 10.1. The molecule has 0 bridgehead atoms. The third kappa shape index (κ3) is 5.50. The molecule has 0 aliphatic carbocycles. The highest BCUT2D eigenvalue weighted by molar-refractivity contribution is 5.78. The quantitative estimate of drug-likeness (QED) is 0.681. The Morgan fingerprint density at radius 2 is 2.00 bits per heavy atom. The van der Waals surface area contributed by atoms with Crippen molar-refractivity contribution in [3.05, 3.63) is 0 Å². The molecule has 2 N–H and O–H groups in total. The summed E-state index contributed by atoms with van der Waals surface area (Å²) in [6.07, 6.45) is 3.23. The number of hydrogen-bond acceptors (Lipinski definition) is 3. The van der Waals surface area contributed by atoms with E-state index in [0.29, 0.717) is 18.6 Å². The zero-order valence-corrected chi connectivity index (χ0v) is 11.5. The van der Waals surface area contributed by atoms with Crippen molar-refractivity contribution < 1.29 is 4.79 Å². The first kappa shape index (κ1) is 14.5. The maximum atomic E-state index is 11.6. The van der Waals surface area contributed by atoms with Gasteiger partial charge in [-0.1, -0.05) is 6.92 Å². The number of nitrogens with zero attached hydrogens (tertiary/aromatic N) is 1. The van der Waals surface area contributed by atoms with Gasteiger partial charge in [0.15, 0.2) is 0 Å². The molecule has 1 heterocycles. The van der Waals surface area contributed by atoms with Crippen molar-refractivity contribution in [2.24, 2.45) is 0 Å². The molecule has 1 aliphatic rings. The van der Waals surface area contributed by atoms with Crippen LogP contribution in [0.4, 0.5) is 0 Å². The molecule has 0 unspecified atom stereocenters. The predicted octanol–water partition coefficient (Wildman–Crippen LogP) is 0.975. The van der Waals surface area contributed by atoms with Gasteiger partial charge in [-0.15, -0.1) is 0 Å². The van der Waals surface area contributed by atoms with E-state index in [9.17, 15) is 4.79 Å². The fourth-order valence-corrected chi connectivity index (χ4v) is 2.22. The Kier molecular flexibility index (Phi) is 6.52. The van der Waals surface area contributed by atoms with E-state index in [1.165, 1.54) is 0 Å². The molecule has 17 heavy (non-hydrogen) atoms. The van der Waals surface area contributed by atoms with Crippen LogP contribution in [0, 0.1) is 0 Å². The van der Waals surface area contributed by atoms with Crippen molar-refractivity contribution in [3.63, 3.8) is 0 Å². The Morgan fingerprint density at radius 3 is 2.53 bits per heavy atom. The zero-order valence-electron chi connectivity index (χ0n) is 11.5. The summed E-state index contributed by atoms with van der Waals surface area (Å²) in [4.78, 5) is 14.1. The summed E-state index contributed by atoms with van der Waals surface area (Å²) in [6, 6.07) is 0.999. The molecule has 1 fully saturated rings. The van der Waals surface area contributed by atoms with Gasteiger partial charge in [0.2, 0.25) is 5.91 Å². The fraction of sp³-hybridized carbons (Fsp3) is 0.923. The maximum absolute atomic E-state index is 11.6. The lowest BCUT2D eigenvalue weighted by atomic mass is 10.0. The van der Waals surface area contributed by atoms with Crippen LogP contribution in [0.1, 0.15) is 40.0 Å². The molecule has 1 rings (SSSR count). The lowest BCUT2D eigenvalue weighted by Crippen LogP contribution is -2.48. The monoisotopic (exact) mass is 241 g/mol. The number of amides is 1. The molecule has 0 radical (unpaired) electrons. The first-order valence-electron chi connectivity index (χ1n) is 6.87. The average molecular weight is 241 g/mol. The molecule has 0 atom stereocenters. The number of rotatable bonds is 6. The van der Waals surface area contributed by atoms with Gasteiger partial charge in [0, 0.05) is 25.2 Å². The summed E-state index contributed by atoms with van der Waals surface area (Å²) >= 11 is 0. The topological polar surface area (TPSA) is 44.4 Å². The van der Waals surface area contributed by atoms with Gasteiger partial charge in [-0.2, -0.15) is 0 Å². The molecule has 1 aliphatic heterocycles. The van der Waals surface area contributed by atoms with Gasteiger partial charge in [0.1, 0.15) is 0 Å². The Morgan fingerprint density at radius 1 is 1.35 bits per heavy atom. The van der Waals surface area contributed by atoms with Crippen molar-refractivity contribution in [2.45, 2.75) is 52.1 Å². The van der Waals surface area contributed by atoms with E-state index in [2.05, 4.69) is 36.3 Å². The summed E-state index contributed by atoms with van der Waals surface area (Å²) in [7, 11) is 0. The first-order valence-corrected chi connectivity index (χ1v) is 6.87. The third-order valence-electron chi connectivity index (χ3n) is 3.34. The molecule has 0 spiro atoms. The molecule has 4 heteroatoms. The Balaban J connectivity index is 2.15. The molecule has 0 aromatic heterocycles. The van der Waals surface area contributed by atoms with Gasteiger partial charge in [-0.3, -0.25) is 4.79 Å². The molecule has 4 nitrogen and oxygen atoms in total. The van der Waals surface area contributed by atoms with Crippen molar-refractivity contribution in [1.82, 2.24) is 15.5 Å². The largest absolute Gasteiger partial charge is 0.352 e. The van der Waals surface area contributed by atoms with Crippen LogP contribution in [-0.4, -0.2) is 49.1 Å². The lowest BCUT2D eigenvalue weighted by Gasteiger charge is -2.34. The second kappa shape index (κ2) is 7.67. The molecule has 0 saturated carbocycles. The Hall–Kier alpha value is -0.610. The summed E-state index contributed by atoms with van der Waals surface area (Å²) < 4.78 is 0. The minimum absolute atomic E-state index is 0.140. The highest BCUT2D eigenvalue weighted by atomic mass is 16.1. The van der Waals surface area contributed by atoms with Crippen LogP contribution < -0.4 is 10.6 Å². The normalized spacial score (nSPS) is 18.6. The van der Waals surface area contributed by atoms with Crippen molar-refractivity contribution in [3.8, 4) is 0 Å². The van der Waals surface area contributed by atoms with Crippen LogP contribution in [0.3, 0.4) is 0 Å². The summed E-state index contributed by atoms with van der Waals surface area (Å²) in [5.41, 5.74) is 0. The highest BCUT2D eigenvalue weighted by Gasteiger charge is 2.21. The lowest BCUT2D eigenvalue weighted by molar-refractivity contribution is -0.121. The number of likely N-dealkylation sites (tertiary alicyclic amines) is 1. The standard InChI is InChI=1S/C13H27N3O/c1-4-7-14-10-13(17)15-12-5-8-16(9-6-12)11(2)3/h11-12,14H,4-10H2,1-3H3,(H,15,17). The van der Waals surface area contributed by atoms with Crippen molar-refractivity contribution in [1.29, 1.82) is 0 Å². The maximum Gasteiger partial charge on any atom is 0.234 e. The van der Waals surface area contributed by atoms with E-state index in [1.807, 2.05) is 0 Å². The van der Waals surface area contributed by atoms with Gasteiger partial charge < -0.3 is 15.5 Å². The molecule has 0 aromatic rings. The van der Waals surface area contributed by atoms with Crippen molar-refractivity contribution in [2.75, 3.05) is 26.2 Å². The van der Waals surface area contributed by atoms with Crippen molar-refractivity contribution >= 4 is 5.91 Å². The van der Waals surface area contributed by atoms with E-state index >= 15 is 0 Å². The molecule has 1 saturated heterocycles. The van der Waals surface area contributed by atoms with Gasteiger partial charge in [0.25, 0.3) is 0 Å². The van der Waals surface area contributed by atoms with Crippen LogP contribution in [0.25, 0.3) is 0 Å². The third-order valence-corrected chi connectivity index (χ3v) is 3.34. The van der Waals surface area contributed by atoms with Gasteiger partial charge in [-0.25, -0.2) is 0 Å². The molecule has 1 amide bonds. The predicted molar refractivity (Wildman–Crippen MR) is 71.0 cm³/mol. The number of carbonyl (C=O) groups excluding carboxylic acids is 1. The number of nitrogens with one attached hydrogen (secondary N) is 2. The van der Waals surface area contributed by atoms with Gasteiger partial charge in [0.05, 0.1) is 6.54 Å². The average Bonchev–Trinajstić information content (AvgIpc) is 2.30. The number of carbonyl (C=O) groups is 1. The Bertz CT molecular complexity index is 223. The highest BCUT2D eigenvalue weighted by Crippen LogP contribution is 2.12. The number of hydrogen-bond donors (Lipinski definition) is 2. The molecular formula is C13H27N3O. The van der Waals surface area contributed by atoms with E-state index in [0.717, 1.165) is 38.9 Å². The fourth-order valence-electron chi connectivity index (χ4n) is 2.22. The second-order valence-electron chi connectivity index (χ2n) is 5.15. The van der Waals surface area contributed by atoms with Crippen LogP contribution in [-0.2, 0) is 4.79 Å². The van der Waals surface area contributed by atoms with E-state index < -0.39 is 0 Å². The van der Waals surface area contributed by atoms with Crippen LogP contribution in [0.2, 0.25) is 0 Å².